The number of esters is 1. The summed E-state index contributed by atoms with van der Waals surface area (Å²) in [5.74, 6) is -0.525. The lowest BCUT2D eigenvalue weighted by Crippen LogP contribution is -2.40. The van der Waals surface area contributed by atoms with Gasteiger partial charge in [-0.1, -0.05) is 0 Å². The third kappa shape index (κ3) is 4.79. The largest absolute Gasteiger partial charge is 0.479 e. The summed E-state index contributed by atoms with van der Waals surface area (Å²) < 4.78 is 11.7. The van der Waals surface area contributed by atoms with Gasteiger partial charge in [0.1, 0.15) is 5.56 Å². The Kier molecular flexibility index (Phi) is 6.71. The van der Waals surface area contributed by atoms with Crippen molar-refractivity contribution in [3.05, 3.63) is 41.6 Å². The van der Waals surface area contributed by atoms with Gasteiger partial charge >= 0.3 is 5.97 Å². The van der Waals surface area contributed by atoms with Gasteiger partial charge in [-0.25, -0.2) is 0 Å². The van der Waals surface area contributed by atoms with Crippen LogP contribution >= 0.6 is 0 Å². The second-order valence-electron chi connectivity index (χ2n) is 7.08. The van der Waals surface area contributed by atoms with E-state index in [0.717, 1.165) is 0 Å². The average Bonchev–Trinajstić information content (AvgIpc) is 3.15. The van der Waals surface area contributed by atoms with E-state index in [4.69, 9.17) is 9.47 Å². The van der Waals surface area contributed by atoms with Crippen molar-refractivity contribution in [3.63, 3.8) is 0 Å². The quantitative estimate of drug-likeness (QED) is 0.726. The van der Waals surface area contributed by atoms with Crippen LogP contribution < -0.4 is 10.1 Å². The predicted molar refractivity (Wildman–Crippen MR) is 109 cm³/mol. The summed E-state index contributed by atoms with van der Waals surface area (Å²) in [6.45, 7) is 3.19. The molecule has 2 amide bonds. The Hall–Kier alpha value is -3.36. The highest BCUT2D eigenvalue weighted by atomic mass is 16.5. The predicted octanol–water partition coefficient (Wildman–Crippen LogP) is 2.10. The molecule has 1 N–H and O–H groups in total. The summed E-state index contributed by atoms with van der Waals surface area (Å²) in [5.41, 5.74) is 1.41. The van der Waals surface area contributed by atoms with Gasteiger partial charge in [0, 0.05) is 37.6 Å². The van der Waals surface area contributed by atoms with E-state index in [1.165, 1.54) is 11.8 Å². The standard InChI is InChI=1S/C21H26N4O5/c1-4-30-21(28)15-9-11-25(12-10-15)20(27)14-5-7-16(8-6-14)22-18(26)17-13-24(2)23-19(17)29-3/h5-8,13,15H,4,9-12H2,1-3H3,(H,22,26). The van der Waals surface area contributed by atoms with Crippen molar-refractivity contribution in [3.8, 4) is 5.88 Å². The van der Waals surface area contributed by atoms with Gasteiger partial charge in [0.05, 0.1) is 19.6 Å². The lowest BCUT2D eigenvalue weighted by molar-refractivity contribution is -0.149. The summed E-state index contributed by atoms with van der Waals surface area (Å²) in [6, 6.07) is 6.71. The summed E-state index contributed by atoms with van der Waals surface area (Å²) in [4.78, 5) is 38.8. The number of ether oxygens (including phenoxy) is 2. The minimum Gasteiger partial charge on any atom is -0.479 e. The van der Waals surface area contributed by atoms with Gasteiger partial charge in [-0.05, 0) is 44.0 Å². The van der Waals surface area contributed by atoms with Crippen molar-refractivity contribution in [1.29, 1.82) is 0 Å². The number of rotatable bonds is 6. The van der Waals surface area contributed by atoms with Crippen molar-refractivity contribution in [1.82, 2.24) is 14.7 Å². The number of piperidine rings is 1. The monoisotopic (exact) mass is 414 g/mol. The first-order chi connectivity index (χ1) is 14.4. The van der Waals surface area contributed by atoms with Crippen molar-refractivity contribution in [2.24, 2.45) is 13.0 Å². The van der Waals surface area contributed by atoms with Crippen LogP contribution in [0.4, 0.5) is 5.69 Å². The topological polar surface area (TPSA) is 103 Å². The molecule has 1 aliphatic heterocycles. The van der Waals surface area contributed by atoms with Gasteiger partial charge in [0.15, 0.2) is 0 Å². The number of aromatic nitrogens is 2. The molecule has 0 bridgehead atoms. The molecule has 2 heterocycles. The highest BCUT2D eigenvalue weighted by Crippen LogP contribution is 2.22. The fraction of sp³-hybridized carbons (Fsp3) is 0.429. The molecule has 1 aromatic heterocycles. The van der Waals surface area contributed by atoms with Gasteiger partial charge in [0.2, 0.25) is 5.88 Å². The molecule has 30 heavy (non-hydrogen) atoms. The van der Waals surface area contributed by atoms with Gasteiger partial charge in [-0.15, -0.1) is 5.10 Å². The molecule has 3 rings (SSSR count). The first-order valence-electron chi connectivity index (χ1n) is 9.87. The third-order valence-corrected chi connectivity index (χ3v) is 5.02. The molecule has 0 aliphatic carbocycles. The number of likely N-dealkylation sites (tertiary alicyclic amines) is 1. The first kappa shape index (κ1) is 21.4. The minimum atomic E-state index is -0.347. The fourth-order valence-electron chi connectivity index (χ4n) is 3.43. The minimum absolute atomic E-state index is 0.0934. The van der Waals surface area contributed by atoms with Crippen LogP contribution in [0, 0.1) is 5.92 Å². The van der Waals surface area contributed by atoms with Crippen molar-refractivity contribution in [2.75, 3.05) is 32.1 Å². The number of hydrogen-bond acceptors (Lipinski definition) is 6. The Morgan fingerprint density at radius 2 is 1.83 bits per heavy atom. The summed E-state index contributed by atoms with van der Waals surface area (Å²) >= 11 is 0. The normalized spacial score (nSPS) is 14.3. The van der Waals surface area contributed by atoms with Gasteiger partial charge < -0.3 is 19.7 Å². The molecule has 0 spiro atoms. The number of carbonyl (C=O) groups excluding carboxylic acids is 3. The van der Waals surface area contributed by atoms with Crippen LogP contribution in [0.15, 0.2) is 30.5 Å². The van der Waals surface area contributed by atoms with Gasteiger partial charge in [-0.3, -0.25) is 19.1 Å². The van der Waals surface area contributed by atoms with E-state index < -0.39 is 0 Å². The van der Waals surface area contributed by atoms with E-state index in [1.807, 2.05) is 0 Å². The number of benzene rings is 1. The van der Waals surface area contributed by atoms with Crippen LogP contribution in [0.5, 0.6) is 5.88 Å². The Morgan fingerprint density at radius 3 is 2.43 bits per heavy atom. The molecule has 9 heteroatoms. The van der Waals surface area contributed by atoms with Gasteiger partial charge in [-0.2, -0.15) is 0 Å². The molecule has 1 saturated heterocycles. The number of amides is 2. The van der Waals surface area contributed by atoms with Crippen LogP contribution in [0.1, 0.15) is 40.5 Å². The molecule has 0 atom stereocenters. The van der Waals surface area contributed by atoms with Crippen LogP contribution in [0.3, 0.4) is 0 Å². The Morgan fingerprint density at radius 1 is 1.17 bits per heavy atom. The lowest BCUT2D eigenvalue weighted by atomic mass is 9.96. The zero-order valence-corrected chi connectivity index (χ0v) is 17.4. The van der Waals surface area contributed by atoms with Gasteiger partial charge in [0.25, 0.3) is 11.8 Å². The summed E-state index contributed by atoms with van der Waals surface area (Å²) in [6.07, 6.45) is 2.78. The number of nitrogens with zero attached hydrogens (tertiary/aromatic N) is 3. The number of nitrogens with one attached hydrogen (secondary N) is 1. The molecular weight excluding hydrogens is 388 g/mol. The van der Waals surface area contributed by atoms with Crippen LogP contribution in [-0.4, -0.2) is 59.3 Å². The maximum atomic E-state index is 12.7. The summed E-state index contributed by atoms with van der Waals surface area (Å²) in [5, 5.41) is 6.84. The number of anilines is 1. The molecular formula is C21H26N4O5. The molecule has 0 radical (unpaired) electrons. The number of aryl methyl sites for hydroxylation is 1. The molecule has 0 saturated carbocycles. The smallest absolute Gasteiger partial charge is 0.309 e. The highest BCUT2D eigenvalue weighted by molar-refractivity contribution is 6.06. The van der Waals surface area contributed by atoms with E-state index >= 15 is 0 Å². The first-order valence-corrected chi connectivity index (χ1v) is 9.87. The lowest BCUT2D eigenvalue weighted by Gasteiger charge is -2.31. The molecule has 1 aliphatic rings. The number of carbonyl (C=O) groups is 3. The molecule has 1 fully saturated rings. The molecule has 0 unspecified atom stereocenters. The van der Waals surface area contributed by atoms with Crippen molar-refractivity contribution in [2.45, 2.75) is 19.8 Å². The molecule has 160 valence electrons. The van der Waals surface area contributed by atoms with E-state index in [-0.39, 0.29) is 29.6 Å². The maximum Gasteiger partial charge on any atom is 0.309 e. The third-order valence-electron chi connectivity index (χ3n) is 5.02. The van der Waals surface area contributed by atoms with E-state index in [2.05, 4.69) is 10.4 Å². The second-order valence-corrected chi connectivity index (χ2v) is 7.08. The van der Waals surface area contributed by atoms with Crippen LogP contribution in [0.2, 0.25) is 0 Å². The maximum absolute atomic E-state index is 12.7. The van der Waals surface area contributed by atoms with Crippen molar-refractivity contribution < 1.29 is 23.9 Å². The number of hydrogen-bond donors (Lipinski definition) is 1. The van der Waals surface area contributed by atoms with Crippen LogP contribution in [-0.2, 0) is 16.6 Å². The highest BCUT2D eigenvalue weighted by Gasteiger charge is 2.28. The molecule has 2 aromatic rings. The Bertz CT molecular complexity index is 914. The van der Waals surface area contributed by atoms with E-state index in [9.17, 15) is 14.4 Å². The zero-order valence-electron chi connectivity index (χ0n) is 17.4. The second kappa shape index (κ2) is 9.43. The molecule has 1 aromatic carbocycles. The van der Waals surface area contributed by atoms with Crippen LogP contribution in [0.25, 0.3) is 0 Å². The number of methoxy groups -OCH3 is 1. The van der Waals surface area contributed by atoms with Crippen molar-refractivity contribution >= 4 is 23.5 Å². The zero-order chi connectivity index (χ0) is 21.7. The summed E-state index contributed by atoms with van der Waals surface area (Å²) in [7, 11) is 3.16. The Balaban J connectivity index is 1.58. The average molecular weight is 414 g/mol. The van der Waals surface area contributed by atoms with E-state index in [0.29, 0.717) is 49.4 Å². The van der Waals surface area contributed by atoms with E-state index in [1.54, 1.807) is 49.3 Å². The fourth-order valence-corrected chi connectivity index (χ4v) is 3.43. The SMILES string of the molecule is CCOC(=O)C1CCN(C(=O)c2ccc(NC(=O)c3cn(C)nc3OC)cc2)CC1. The Labute approximate surface area is 174 Å². The molecule has 9 nitrogen and oxygen atoms in total.